The van der Waals surface area contributed by atoms with Crippen molar-refractivity contribution in [3.8, 4) is 0 Å². The predicted molar refractivity (Wildman–Crippen MR) is 53.0 cm³/mol. The van der Waals surface area contributed by atoms with Crippen LogP contribution in [0.3, 0.4) is 0 Å². The first-order valence-corrected chi connectivity index (χ1v) is 4.47. The highest BCUT2D eigenvalue weighted by molar-refractivity contribution is 5.95. The third-order valence-electron chi connectivity index (χ3n) is 2.23. The lowest BCUT2D eigenvalue weighted by atomic mass is 10.3. The molecule has 3 aromatic rings. The van der Waals surface area contributed by atoms with Crippen LogP contribution in [0.25, 0.3) is 16.7 Å². The Labute approximate surface area is 88.3 Å². The van der Waals surface area contributed by atoms with Gasteiger partial charge in [0.2, 0.25) is 5.65 Å². The summed E-state index contributed by atoms with van der Waals surface area (Å²) in [7, 11) is 0. The van der Waals surface area contributed by atoms with Gasteiger partial charge >= 0.3 is 5.97 Å². The predicted octanol–water partition coefficient (Wildman–Crippen LogP) is 0.371. The highest BCUT2D eigenvalue weighted by Gasteiger charge is 2.16. The Morgan fingerprint density at radius 2 is 2.12 bits per heavy atom. The van der Waals surface area contributed by atoms with Gasteiger partial charge in [0.1, 0.15) is 0 Å². The first-order chi connectivity index (χ1) is 7.77. The summed E-state index contributed by atoms with van der Waals surface area (Å²) >= 11 is 0. The number of nitrogens with zero attached hydrogens (tertiary/aromatic N) is 5. The van der Waals surface area contributed by atoms with Gasteiger partial charge in [-0.25, -0.2) is 9.78 Å². The molecule has 0 unspecified atom stereocenters. The first kappa shape index (κ1) is 8.72. The Bertz CT molecular complexity index is 705. The van der Waals surface area contributed by atoms with Crippen molar-refractivity contribution in [3.63, 3.8) is 0 Å². The summed E-state index contributed by atoms with van der Waals surface area (Å²) in [6.07, 6.45) is 0. The van der Waals surface area contributed by atoms with E-state index in [9.17, 15) is 4.79 Å². The van der Waals surface area contributed by atoms with Gasteiger partial charge in [0.15, 0.2) is 5.69 Å². The van der Waals surface area contributed by atoms with E-state index >= 15 is 0 Å². The fraction of sp³-hybridized carbons (Fsp3) is 0. The topological polar surface area (TPSA) is 93.3 Å². The Balaban J connectivity index is 2.58. The Hall–Kier alpha value is -2.57. The molecule has 0 spiro atoms. The van der Waals surface area contributed by atoms with Gasteiger partial charge in [-0.05, 0) is 22.6 Å². The minimum absolute atomic E-state index is 0.145. The molecule has 3 rings (SSSR count). The largest absolute Gasteiger partial charge is 0.476 e. The summed E-state index contributed by atoms with van der Waals surface area (Å²) in [5, 5.41) is 19.8. The van der Waals surface area contributed by atoms with Crippen molar-refractivity contribution in [2.45, 2.75) is 0 Å². The standard InChI is InChI=1S/C9H5N5O2/c15-9(16)7-8-11-12-13-14(8)6-4-2-1-3-5(6)10-7/h1-4H,(H,15,16). The number of fused-ring (bicyclic) bond motifs is 3. The van der Waals surface area contributed by atoms with E-state index in [0.717, 1.165) is 0 Å². The van der Waals surface area contributed by atoms with Crippen LogP contribution >= 0.6 is 0 Å². The van der Waals surface area contributed by atoms with Crippen molar-refractivity contribution in [1.29, 1.82) is 0 Å². The maximum absolute atomic E-state index is 11.0. The number of rotatable bonds is 1. The molecule has 78 valence electrons. The minimum atomic E-state index is -1.15. The number of carbonyl (C=O) groups is 1. The van der Waals surface area contributed by atoms with Gasteiger partial charge in [-0.2, -0.15) is 4.52 Å². The summed E-state index contributed by atoms with van der Waals surface area (Å²) in [6.45, 7) is 0. The second-order valence-corrected chi connectivity index (χ2v) is 3.17. The molecule has 7 heteroatoms. The smallest absolute Gasteiger partial charge is 0.358 e. The molecular formula is C9H5N5O2. The fourth-order valence-corrected chi connectivity index (χ4v) is 1.55. The molecule has 0 bridgehead atoms. The average Bonchev–Trinajstić information content (AvgIpc) is 2.76. The number of hydrogen-bond donors (Lipinski definition) is 1. The lowest BCUT2D eigenvalue weighted by Crippen LogP contribution is -2.06. The highest BCUT2D eigenvalue weighted by atomic mass is 16.4. The van der Waals surface area contributed by atoms with Crippen LogP contribution in [0.15, 0.2) is 24.3 Å². The lowest BCUT2D eigenvalue weighted by Gasteiger charge is -2.00. The van der Waals surface area contributed by atoms with E-state index in [0.29, 0.717) is 11.0 Å². The molecule has 2 heterocycles. The Kier molecular flexibility index (Phi) is 1.61. The van der Waals surface area contributed by atoms with E-state index in [-0.39, 0.29) is 11.3 Å². The summed E-state index contributed by atoms with van der Waals surface area (Å²) in [4.78, 5) is 15.0. The number of benzene rings is 1. The molecule has 2 aromatic heterocycles. The molecule has 16 heavy (non-hydrogen) atoms. The zero-order valence-electron chi connectivity index (χ0n) is 7.90. The number of hydrogen-bond acceptors (Lipinski definition) is 5. The van der Waals surface area contributed by atoms with E-state index in [2.05, 4.69) is 20.5 Å². The van der Waals surface area contributed by atoms with Crippen LogP contribution in [-0.4, -0.2) is 36.1 Å². The van der Waals surface area contributed by atoms with Crippen molar-refractivity contribution in [2.24, 2.45) is 0 Å². The lowest BCUT2D eigenvalue weighted by molar-refractivity contribution is 0.0692. The fourth-order valence-electron chi connectivity index (χ4n) is 1.55. The monoisotopic (exact) mass is 215 g/mol. The second-order valence-electron chi connectivity index (χ2n) is 3.17. The van der Waals surface area contributed by atoms with Crippen LogP contribution in [0.5, 0.6) is 0 Å². The van der Waals surface area contributed by atoms with Gasteiger partial charge in [0.05, 0.1) is 11.0 Å². The first-order valence-electron chi connectivity index (χ1n) is 4.47. The van der Waals surface area contributed by atoms with Gasteiger partial charge in [0, 0.05) is 0 Å². The molecule has 0 aliphatic carbocycles. The van der Waals surface area contributed by atoms with Crippen molar-refractivity contribution >= 4 is 22.6 Å². The molecule has 7 nitrogen and oxygen atoms in total. The number of aromatic carboxylic acids is 1. The molecular weight excluding hydrogens is 210 g/mol. The summed E-state index contributed by atoms with van der Waals surface area (Å²) in [5.41, 5.74) is 1.21. The van der Waals surface area contributed by atoms with Crippen LogP contribution < -0.4 is 0 Å². The molecule has 0 atom stereocenters. The summed E-state index contributed by atoms with van der Waals surface area (Å²) < 4.78 is 1.37. The van der Waals surface area contributed by atoms with Gasteiger partial charge in [-0.1, -0.05) is 12.1 Å². The van der Waals surface area contributed by atoms with E-state index < -0.39 is 5.97 Å². The second kappa shape index (κ2) is 2.96. The van der Waals surface area contributed by atoms with E-state index in [1.54, 1.807) is 18.2 Å². The Morgan fingerprint density at radius 3 is 2.94 bits per heavy atom. The molecule has 0 fully saturated rings. The van der Waals surface area contributed by atoms with Crippen LogP contribution in [0.1, 0.15) is 10.5 Å². The average molecular weight is 215 g/mol. The quantitative estimate of drug-likeness (QED) is 0.630. The molecule has 0 radical (unpaired) electrons. The molecule has 0 saturated heterocycles. The van der Waals surface area contributed by atoms with Crippen molar-refractivity contribution < 1.29 is 9.90 Å². The molecule has 0 aliphatic heterocycles. The zero-order valence-corrected chi connectivity index (χ0v) is 7.90. The maximum Gasteiger partial charge on any atom is 0.358 e. The molecule has 1 aromatic carbocycles. The molecule has 0 aliphatic rings. The Morgan fingerprint density at radius 1 is 1.31 bits per heavy atom. The van der Waals surface area contributed by atoms with E-state index in [4.69, 9.17) is 5.11 Å². The SMILES string of the molecule is O=C(O)c1nc2ccccc2n2nnnc12. The van der Waals surface area contributed by atoms with E-state index in [1.165, 1.54) is 4.52 Å². The van der Waals surface area contributed by atoms with Gasteiger partial charge in [-0.15, -0.1) is 5.10 Å². The summed E-state index contributed by atoms with van der Waals surface area (Å²) in [6, 6.07) is 7.07. The van der Waals surface area contributed by atoms with Crippen LogP contribution in [0, 0.1) is 0 Å². The third kappa shape index (κ3) is 1.05. The minimum Gasteiger partial charge on any atom is -0.476 e. The molecule has 0 amide bonds. The highest BCUT2D eigenvalue weighted by Crippen LogP contribution is 2.14. The van der Waals surface area contributed by atoms with Gasteiger partial charge in [-0.3, -0.25) is 0 Å². The van der Waals surface area contributed by atoms with Gasteiger partial charge < -0.3 is 5.11 Å². The van der Waals surface area contributed by atoms with Crippen molar-refractivity contribution in [1.82, 2.24) is 25.0 Å². The molecule has 1 N–H and O–H groups in total. The number of para-hydroxylation sites is 2. The van der Waals surface area contributed by atoms with Crippen molar-refractivity contribution in [2.75, 3.05) is 0 Å². The number of carboxylic acids is 1. The zero-order chi connectivity index (χ0) is 11.1. The van der Waals surface area contributed by atoms with Crippen LogP contribution in [0.4, 0.5) is 0 Å². The number of carboxylic acid groups (broad SMARTS) is 1. The molecule has 0 saturated carbocycles. The van der Waals surface area contributed by atoms with E-state index in [1.807, 2.05) is 6.07 Å². The van der Waals surface area contributed by atoms with Crippen LogP contribution in [0.2, 0.25) is 0 Å². The third-order valence-corrected chi connectivity index (χ3v) is 2.23. The van der Waals surface area contributed by atoms with Crippen LogP contribution in [-0.2, 0) is 0 Å². The van der Waals surface area contributed by atoms with Gasteiger partial charge in [0.25, 0.3) is 0 Å². The van der Waals surface area contributed by atoms with Crippen molar-refractivity contribution in [3.05, 3.63) is 30.0 Å². The summed E-state index contributed by atoms with van der Waals surface area (Å²) in [5.74, 6) is -1.15. The normalized spacial score (nSPS) is 11.0. The number of tetrazole rings is 1. The maximum atomic E-state index is 11.0. The number of aromatic nitrogens is 5.